The molecule has 0 fully saturated rings. The lowest BCUT2D eigenvalue weighted by atomic mass is 10.1. The van der Waals surface area contributed by atoms with Crippen molar-refractivity contribution in [3.8, 4) is 5.88 Å². The molecule has 1 aromatic heterocycles. The van der Waals surface area contributed by atoms with Crippen molar-refractivity contribution in [1.82, 2.24) is 9.13 Å². The standard InChI is InChI=1S/C23H23FN4O4S/c1-13-6-5-7-17(14(13)2)26-18(29)12-33-20(25-16-10-8-15(24)9-11-16)19-21(30)27(3)23(32)28(4)22(19)31/h5-11,30H,12H2,1-4H3,(H,26,29). The monoisotopic (exact) mass is 470 g/mol. The fourth-order valence-electron chi connectivity index (χ4n) is 3.02. The van der Waals surface area contributed by atoms with Crippen LogP contribution >= 0.6 is 11.8 Å². The number of rotatable bonds is 5. The van der Waals surface area contributed by atoms with Crippen molar-refractivity contribution < 1.29 is 14.3 Å². The second-order valence-corrected chi connectivity index (χ2v) is 8.35. The second kappa shape index (κ2) is 9.86. The summed E-state index contributed by atoms with van der Waals surface area (Å²) >= 11 is 0.918. The number of carbonyl (C=O) groups excluding carboxylic acids is 1. The van der Waals surface area contributed by atoms with E-state index in [2.05, 4.69) is 10.3 Å². The van der Waals surface area contributed by atoms with E-state index in [1.165, 1.54) is 38.4 Å². The number of aryl methyl sites for hydroxylation is 1. The number of thioether (sulfide) groups is 1. The van der Waals surface area contributed by atoms with E-state index < -0.39 is 22.9 Å². The average Bonchev–Trinajstić information content (AvgIpc) is 2.79. The fourth-order valence-corrected chi connectivity index (χ4v) is 3.85. The molecule has 0 saturated carbocycles. The maximum absolute atomic E-state index is 13.3. The average molecular weight is 471 g/mol. The number of halogens is 1. The highest BCUT2D eigenvalue weighted by molar-refractivity contribution is 8.15. The topological polar surface area (TPSA) is 106 Å². The van der Waals surface area contributed by atoms with E-state index in [1.807, 2.05) is 26.0 Å². The summed E-state index contributed by atoms with van der Waals surface area (Å²) in [7, 11) is 2.59. The summed E-state index contributed by atoms with van der Waals surface area (Å²) in [6.45, 7) is 3.83. The first-order valence-corrected chi connectivity index (χ1v) is 10.9. The van der Waals surface area contributed by atoms with Gasteiger partial charge in [0, 0.05) is 19.8 Å². The van der Waals surface area contributed by atoms with Crippen LogP contribution in [0.25, 0.3) is 0 Å². The van der Waals surface area contributed by atoms with E-state index in [9.17, 15) is 23.9 Å². The Morgan fingerprint density at radius 1 is 1.09 bits per heavy atom. The van der Waals surface area contributed by atoms with E-state index in [0.29, 0.717) is 11.4 Å². The maximum atomic E-state index is 13.3. The molecule has 1 heterocycles. The molecule has 3 rings (SSSR count). The lowest BCUT2D eigenvalue weighted by Crippen LogP contribution is -2.39. The summed E-state index contributed by atoms with van der Waals surface area (Å²) in [5.74, 6) is -1.51. The molecule has 0 bridgehead atoms. The molecule has 33 heavy (non-hydrogen) atoms. The van der Waals surface area contributed by atoms with Crippen LogP contribution in [0.1, 0.15) is 16.7 Å². The van der Waals surface area contributed by atoms with Gasteiger partial charge >= 0.3 is 5.69 Å². The number of hydrogen-bond donors (Lipinski definition) is 2. The van der Waals surface area contributed by atoms with Crippen LogP contribution in [0.15, 0.2) is 57.0 Å². The number of aliphatic imine (C=N–C) groups is 1. The Morgan fingerprint density at radius 3 is 2.42 bits per heavy atom. The molecule has 0 aliphatic heterocycles. The summed E-state index contributed by atoms with van der Waals surface area (Å²) in [4.78, 5) is 41.9. The lowest BCUT2D eigenvalue weighted by Gasteiger charge is -2.13. The lowest BCUT2D eigenvalue weighted by molar-refractivity contribution is -0.113. The number of nitrogens with one attached hydrogen (secondary N) is 1. The van der Waals surface area contributed by atoms with Crippen LogP contribution in [0.2, 0.25) is 0 Å². The number of benzene rings is 2. The Hall–Kier alpha value is -3.66. The predicted octanol–water partition coefficient (Wildman–Crippen LogP) is 3.00. The smallest absolute Gasteiger partial charge is 0.333 e. The van der Waals surface area contributed by atoms with Gasteiger partial charge in [-0.3, -0.25) is 18.7 Å². The van der Waals surface area contributed by atoms with Gasteiger partial charge in [-0.25, -0.2) is 14.2 Å². The normalized spacial score (nSPS) is 11.5. The number of aromatic hydroxyl groups is 1. The van der Waals surface area contributed by atoms with Crippen LogP contribution in [-0.4, -0.2) is 30.9 Å². The Kier molecular flexibility index (Phi) is 7.17. The summed E-state index contributed by atoms with van der Waals surface area (Å²) < 4.78 is 15.1. The first-order valence-electron chi connectivity index (χ1n) is 9.92. The van der Waals surface area contributed by atoms with Gasteiger partial charge in [0.25, 0.3) is 5.56 Å². The van der Waals surface area contributed by atoms with Gasteiger partial charge in [0.05, 0.1) is 11.4 Å². The van der Waals surface area contributed by atoms with Crippen molar-refractivity contribution >= 4 is 34.1 Å². The van der Waals surface area contributed by atoms with Gasteiger partial charge in [0.1, 0.15) is 16.4 Å². The molecule has 0 radical (unpaired) electrons. The molecule has 0 atom stereocenters. The van der Waals surface area contributed by atoms with E-state index in [0.717, 1.165) is 32.0 Å². The first-order chi connectivity index (χ1) is 15.6. The number of nitrogens with zero attached hydrogens (tertiary/aromatic N) is 3. The van der Waals surface area contributed by atoms with Gasteiger partial charge in [-0.05, 0) is 55.3 Å². The number of hydrogen-bond acceptors (Lipinski definition) is 6. The molecule has 2 N–H and O–H groups in total. The van der Waals surface area contributed by atoms with Crippen LogP contribution in [0.5, 0.6) is 5.88 Å². The molecule has 0 aliphatic rings. The van der Waals surface area contributed by atoms with Gasteiger partial charge in [0.2, 0.25) is 11.8 Å². The van der Waals surface area contributed by atoms with Crippen molar-refractivity contribution in [2.75, 3.05) is 11.1 Å². The molecule has 172 valence electrons. The zero-order valence-corrected chi connectivity index (χ0v) is 19.4. The fraction of sp³-hybridized carbons (Fsp3) is 0.217. The van der Waals surface area contributed by atoms with Crippen molar-refractivity contribution in [1.29, 1.82) is 0 Å². The Bertz CT molecular complexity index is 1360. The Labute approximate surface area is 193 Å². The first kappa shape index (κ1) is 24.0. The number of aromatic nitrogens is 2. The van der Waals surface area contributed by atoms with Crippen molar-refractivity contribution in [3.05, 3.63) is 85.8 Å². The highest BCUT2D eigenvalue weighted by Gasteiger charge is 2.22. The highest BCUT2D eigenvalue weighted by atomic mass is 32.2. The zero-order chi connectivity index (χ0) is 24.3. The minimum absolute atomic E-state index is 0.0198. The highest BCUT2D eigenvalue weighted by Crippen LogP contribution is 2.24. The van der Waals surface area contributed by atoms with Crippen LogP contribution in [0.4, 0.5) is 15.8 Å². The number of amides is 1. The molecule has 2 aromatic carbocycles. The molecule has 1 amide bonds. The molecule has 0 aliphatic carbocycles. The molecular formula is C23H23FN4O4S. The molecule has 0 saturated heterocycles. The van der Waals surface area contributed by atoms with Gasteiger partial charge < -0.3 is 10.4 Å². The van der Waals surface area contributed by atoms with E-state index in [-0.39, 0.29) is 22.3 Å². The third kappa shape index (κ3) is 5.23. The minimum Gasteiger partial charge on any atom is -0.494 e. The maximum Gasteiger partial charge on any atom is 0.333 e. The number of anilines is 1. The molecule has 0 unspecified atom stereocenters. The van der Waals surface area contributed by atoms with Crippen molar-refractivity contribution in [2.45, 2.75) is 13.8 Å². The van der Waals surface area contributed by atoms with Gasteiger partial charge in [-0.1, -0.05) is 23.9 Å². The van der Waals surface area contributed by atoms with E-state index in [4.69, 9.17) is 0 Å². The van der Waals surface area contributed by atoms with E-state index in [1.54, 1.807) is 6.07 Å². The largest absolute Gasteiger partial charge is 0.494 e. The van der Waals surface area contributed by atoms with Crippen LogP contribution in [0, 0.1) is 19.7 Å². The van der Waals surface area contributed by atoms with Gasteiger partial charge in [0.15, 0.2) is 0 Å². The van der Waals surface area contributed by atoms with Crippen LogP contribution < -0.4 is 16.6 Å². The van der Waals surface area contributed by atoms with Crippen molar-refractivity contribution in [3.63, 3.8) is 0 Å². The zero-order valence-electron chi connectivity index (χ0n) is 18.5. The predicted molar refractivity (Wildman–Crippen MR) is 128 cm³/mol. The van der Waals surface area contributed by atoms with Crippen molar-refractivity contribution in [2.24, 2.45) is 19.1 Å². The SMILES string of the molecule is Cc1cccc(NC(=O)CSC(=Nc2ccc(F)cc2)c2c(O)n(C)c(=O)n(C)c2=O)c1C. The molecule has 3 aromatic rings. The minimum atomic E-state index is -0.765. The summed E-state index contributed by atoms with van der Waals surface area (Å²) in [6, 6.07) is 10.8. The Balaban J connectivity index is 1.98. The summed E-state index contributed by atoms with van der Waals surface area (Å²) in [5, 5.41) is 13.4. The quantitative estimate of drug-likeness (QED) is 0.441. The Morgan fingerprint density at radius 2 is 1.76 bits per heavy atom. The summed E-state index contributed by atoms with van der Waals surface area (Å²) in [6.07, 6.45) is 0. The molecule has 10 heteroatoms. The summed E-state index contributed by atoms with van der Waals surface area (Å²) in [5.41, 5.74) is 1.23. The third-order valence-electron chi connectivity index (χ3n) is 5.12. The van der Waals surface area contributed by atoms with Gasteiger partial charge in [-0.15, -0.1) is 0 Å². The van der Waals surface area contributed by atoms with E-state index >= 15 is 0 Å². The third-order valence-corrected chi connectivity index (χ3v) is 6.10. The molecule has 8 nitrogen and oxygen atoms in total. The van der Waals surface area contributed by atoms with Gasteiger partial charge in [-0.2, -0.15) is 0 Å². The van der Waals surface area contributed by atoms with Crippen LogP contribution in [0.3, 0.4) is 0 Å². The molecule has 0 spiro atoms. The molecular weight excluding hydrogens is 447 g/mol. The second-order valence-electron chi connectivity index (χ2n) is 7.38. The van der Waals surface area contributed by atoms with Crippen LogP contribution in [-0.2, 0) is 18.9 Å². The number of carbonyl (C=O) groups is 1.